The van der Waals surface area contributed by atoms with Crippen molar-refractivity contribution < 1.29 is 8.42 Å². The lowest BCUT2D eigenvalue weighted by molar-refractivity contribution is 0.637. The maximum absolute atomic E-state index is 12.6. The highest BCUT2D eigenvalue weighted by atomic mass is 35.5. The predicted molar refractivity (Wildman–Crippen MR) is 224 cm³/mol. The lowest BCUT2D eigenvalue weighted by Crippen LogP contribution is -2.47. The number of piperazine rings is 2. The standard InChI is InChI=1S/C21H24ClN7O2S.C16H16Cl2N4OS/c1-27-18(30)12-15(26-27)13-23-20-19-17(6-11-32(19)31)24-21(25-20)29-9-7-28(8-10-29)16-4-2-14(22)3-5-16;17-11-1-3-12(4-2-11)21-6-8-22(9-7-21)16-19-13-5-10-24(23)14(13)15(18)20-16/h2-5,12,26H,6-11,13H2,1H3,(H,23,24,25);1-4H,5-10H2. The van der Waals surface area contributed by atoms with Gasteiger partial charge in [-0.05, 0) is 48.5 Å². The molecule has 19 heteroatoms. The largest absolute Gasteiger partial charge is 0.368 e. The van der Waals surface area contributed by atoms with Crippen molar-refractivity contribution in [3.63, 3.8) is 0 Å². The minimum absolute atomic E-state index is 0.0995. The monoisotopic (exact) mass is 855 g/mol. The first-order valence-electron chi connectivity index (χ1n) is 18.3. The second kappa shape index (κ2) is 16.7. The molecule has 9 rings (SSSR count). The molecule has 2 fully saturated rings. The van der Waals surface area contributed by atoms with E-state index >= 15 is 0 Å². The molecule has 14 nitrogen and oxygen atoms in total. The molecule has 0 amide bonds. The number of hydrogen-bond acceptors (Lipinski definition) is 12. The molecule has 3 aromatic heterocycles. The third-order valence-corrected chi connectivity index (χ3v) is 14.0. The molecule has 2 unspecified atom stereocenters. The highest BCUT2D eigenvalue weighted by Gasteiger charge is 2.30. The average Bonchev–Trinajstić information content (AvgIpc) is 3.89. The molecule has 2 N–H and O–H groups in total. The number of aryl methyl sites for hydroxylation is 3. The number of anilines is 5. The number of nitrogens with zero attached hydrogens (tertiary/aromatic N) is 9. The zero-order valence-electron chi connectivity index (χ0n) is 30.6. The minimum atomic E-state index is -1.11. The number of benzene rings is 2. The van der Waals surface area contributed by atoms with Gasteiger partial charge in [-0.1, -0.05) is 34.8 Å². The lowest BCUT2D eigenvalue weighted by atomic mass is 10.2. The summed E-state index contributed by atoms with van der Waals surface area (Å²) in [4.78, 5) is 40.4. The van der Waals surface area contributed by atoms with E-state index in [1.165, 1.54) is 10.4 Å². The van der Waals surface area contributed by atoms with Crippen LogP contribution in [0.1, 0.15) is 17.1 Å². The Hall–Kier alpha value is -4.22. The van der Waals surface area contributed by atoms with Crippen molar-refractivity contribution in [3.8, 4) is 0 Å². The van der Waals surface area contributed by atoms with Gasteiger partial charge in [0.05, 0.1) is 50.1 Å². The summed E-state index contributed by atoms with van der Waals surface area (Å²) < 4.78 is 25.9. The second-order valence-electron chi connectivity index (χ2n) is 13.8. The molecule has 2 aromatic carbocycles. The molecular formula is C37H40Cl3N11O3S2. The third kappa shape index (κ3) is 8.40. The van der Waals surface area contributed by atoms with Gasteiger partial charge in [-0.15, -0.1) is 0 Å². The third-order valence-electron chi connectivity index (χ3n) is 10.2. The van der Waals surface area contributed by atoms with Crippen LogP contribution in [-0.2, 0) is 48.0 Å². The SMILES string of the molecule is Cn1[nH]c(CNc2nc(N3CCN(c4ccc(Cl)cc4)CC3)nc3c2S(=O)CC3)cc1=O.O=S1CCc2nc(N3CCN(c4ccc(Cl)cc4)CC3)nc(Cl)c21. The van der Waals surface area contributed by atoms with Gasteiger partial charge in [-0.3, -0.25) is 23.0 Å². The Kier molecular flexibility index (Phi) is 11.5. The highest BCUT2D eigenvalue weighted by molar-refractivity contribution is 7.85. The van der Waals surface area contributed by atoms with Gasteiger partial charge in [0.1, 0.15) is 10.7 Å². The zero-order valence-corrected chi connectivity index (χ0v) is 34.5. The summed E-state index contributed by atoms with van der Waals surface area (Å²) in [6, 6.07) is 17.3. The number of rotatable bonds is 7. The summed E-state index contributed by atoms with van der Waals surface area (Å²) in [5.74, 6) is 3.05. The Morgan fingerprint density at radius 3 is 1.62 bits per heavy atom. The van der Waals surface area contributed by atoms with Crippen LogP contribution in [0, 0.1) is 0 Å². The maximum Gasteiger partial charge on any atom is 0.266 e. The van der Waals surface area contributed by atoms with E-state index in [0.29, 0.717) is 63.6 Å². The Balaban J connectivity index is 0.000000164. The van der Waals surface area contributed by atoms with Crippen LogP contribution in [0.25, 0.3) is 0 Å². The van der Waals surface area contributed by atoms with Gasteiger partial charge < -0.3 is 24.9 Å². The van der Waals surface area contributed by atoms with Gasteiger partial charge in [0, 0.05) is 111 Å². The van der Waals surface area contributed by atoms with Gasteiger partial charge in [-0.2, -0.15) is 9.97 Å². The van der Waals surface area contributed by atoms with Crippen LogP contribution in [0.2, 0.25) is 15.2 Å². The number of nitrogens with one attached hydrogen (secondary N) is 2. The molecule has 4 aliphatic rings. The van der Waals surface area contributed by atoms with Gasteiger partial charge in [-0.25, -0.2) is 9.97 Å². The number of hydrogen-bond donors (Lipinski definition) is 2. The van der Waals surface area contributed by atoms with E-state index in [-0.39, 0.29) is 5.56 Å². The van der Waals surface area contributed by atoms with E-state index in [2.05, 4.69) is 40.0 Å². The highest BCUT2D eigenvalue weighted by Crippen LogP contribution is 2.32. The molecule has 0 bridgehead atoms. The normalized spacial score (nSPS) is 19.1. The Labute approximate surface area is 344 Å². The Morgan fingerprint density at radius 2 is 1.12 bits per heavy atom. The number of halogens is 3. The van der Waals surface area contributed by atoms with E-state index in [0.717, 1.165) is 85.2 Å². The van der Waals surface area contributed by atoms with Crippen LogP contribution < -0.4 is 30.5 Å². The number of fused-ring (bicyclic) bond motifs is 2. The molecule has 294 valence electrons. The first-order chi connectivity index (χ1) is 27.1. The summed E-state index contributed by atoms with van der Waals surface area (Å²) in [5.41, 5.74) is 4.64. The first kappa shape index (κ1) is 38.6. The summed E-state index contributed by atoms with van der Waals surface area (Å²) in [6.07, 6.45) is 1.39. The molecule has 2 saturated heterocycles. The van der Waals surface area contributed by atoms with Crippen molar-refractivity contribution in [2.45, 2.75) is 29.2 Å². The van der Waals surface area contributed by atoms with Crippen LogP contribution in [0.4, 0.5) is 29.1 Å². The van der Waals surface area contributed by atoms with Crippen LogP contribution in [0.5, 0.6) is 0 Å². The van der Waals surface area contributed by atoms with Gasteiger partial charge in [0.25, 0.3) is 5.56 Å². The molecule has 0 spiro atoms. The van der Waals surface area contributed by atoms with Crippen molar-refractivity contribution >= 4 is 85.5 Å². The molecular weight excluding hydrogens is 817 g/mol. The summed E-state index contributed by atoms with van der Waals surface area (Å²) in [6.45, 7) is 7.06. The van der Waals surface area contributed by atoms with Crippen molar-refractivity contribution in [2.75, 3.05) is 88.8 Å². The van der Waals surface area contributed by atoms with Crippen molar-refractivity contribution in [1.82, 2.24) is 29.7 Å². The number of aromatic amines is 1. The van der Waals surface area contributed by atoms with E-state index in [4.69, 9.17) is 44.8 Å². The lowest BCUT2D eigenvalue weighted by Gasteiger charge is -2.36. The molecule has 0 radical (unpaired) electrons. The minimum Gasteiger partial charge on any atom is -0.368 e. The van der Waals surface area contributed by atoms with Gasteiger partial charge in [0.15, 0.2) is 5.15 Å². The smallest absolute Gasteiger partial charge is 0.266 e. The van der Waals surface area contributed by atoms with Crippen molar-refractivity contribution in [1.29, 1.82) is 0 Å². The van der Waals surface area contributed by atoms with E-state index < -0.39 is 21.6 Å². The average molecular weight is 857 g/mol. The topological polar surface area (TPSA) is 148 Å². The molecule has 5 aromatic rings. The van der Waals surface area contributed by atoms with Crippen molar-refractivity contribution in [2.24, 2.45) is 7.05 Å². The molecule has 0 saturated carbocycles. The molecule has 4 aliphatic heterocycles. The molecule has 2 atom stereocenters. The summed E-state index contributed by atoms with van der Waals surface area (Å²) in [5, 5.41) is 8.09. The van der Waals surface area contributed by atoms with E-state index in [1.54, 1.807) is 13.1 Å². The van der Waals surface area contributed by atoms with E-state index in [1.807, 2.05) is 48.5 Å². The number of H-pyrrole nitrogens is 1. The summed E-state index contributed by atoms with van der Waals surface area (Å²) >= 11 is 18.2. The fourth-order valence-corrected chi connectivity index (χ4v) is 10.4. The maximum atomic E-state index is 12.6. The summed E-state index contributed by atoms with van der Waals surface area (Å²) in [7, 11) is -0.492. The van der Waals surface area contributed by atoms with Crippen LogP contribution >= 0.6 is 34.8 Å². The van der Waals surface area contributed by atoms with Crippen LogP contribution in [-0.4, -0.2) is 102 Å². The zero-order chi connectivity index (χ0) is 38.9. The fourth-order valence-electron chi connectivity index (χ4n) is 7.18. The van der Waals surface area contributed by atoms with Crippen LogP contribution in [0.15, 0.2) is 69.2 Å². The van der Waals surface area contributed by atoms with Gasteiger partial charge in [0.2, 0.25) is 11.9 Å². The Morgan fingerprint density at radius 1 is 0.661 bits per heavy atom. The fraction of sp³-hybridized carbons (Fsp3) is 0.378. The Bertz CT molecular complexity index is 2330. The molecule has 0 aliphatic carbocycles. The molecule has 56 heavy (non-hydrogen) atoms. The molecule has 7 heterocycles. The predicted octanol–water partition coefficient (Wildman–Crippen LogP) is 4.53. The van der Waals surface area contributed by atoms with Crippen molar-refractivity contribution in [3.05, 3.63) is 97.2 Å². The quantitative estimate of drug-likeness (QED) is 0.222. The van der Waals surface area contributed by atoms with Crippen LogP contribution in [0.3, 0.4) is 0 Å². The van der Waals surface area contributed by atoms with Gasteiger partial charge >= 0.3 is 0 Å². The van der Waals surface area contributed by atoms with E-state index in [9.17, 15) is 13.2 Å². The second-order valence-corrected chi connectivity index (χ2v) is 18.0. The number of aromatic nitrogens is 6. The first-order valence-corrected chi connectivity index (χ1v) is 22.1.